The Morgan fingerprint density at radius 1 is 1.00 bits per heavy atom. The van der Waals surface area contributed by atoms with Crippen molar-refractivity contribution in [3.63, 3.8) is 0 Å². The van der Waals surface area contributed by atoms with E-state index in [1.54, 1.807) is 11.3 Å². The third kappa shape index (κ3) is 4.63. The summed E-state index contributed by atoms with van der Waals surface area (Å²) < 4.78 is 18.3. The highest BCUT2D eigenvalue weighted by Gasteiger charge is 2.52. The lowest BCUT2D eigenvalue weighted by Crippen LogP contribution is -2.41. The van der Waals surface area contributed by atoms with E-state index in [0.717, 1.165) is 10.3 Å². The first-order chi connectivity index (χ1) is 17.2. The predicted molar refractivity (Wildman–Crippen MR) is 146 cm³/mol. The SMILES string of the molecule is Cc1ccsc1C=C(CNC(=O)OCC1c2ccccc2-c2ccccc21)B1OC(C)(C)C(C)(C)O1. The Kier molecular flexibility index (Phi) is 6.58. The van der Waals surface area contributed by atoms with Crippen molar-refractivity contribution >= 4 is 30.6 Å². The molecule has 1 aromatic heterocycles. The molecule has 2 aliphatic rings. The number of alkyl carbamates (subject to hydrolysis) is 1. The van der Waals surface area contributed by atoms with Crippen molar-refractivity contribution in [3.05, 3.63) is 87.0 Å². The number of carbonyl (C=O) groups excluding carboxylic acids is 1. The van der Waals surface area contributed by atoms with Crippen LogP contribution in [0.1, 0.15) is 55.2 Å². The number of ether oxygens (including phenoxy) is 1. The van der Waals surface area contributed by atoms with Crippen molar-refractivity contribution in [2.75, 3.05) is 13.2 Å². The smallest absolute Gasteiger partial charge is 0.449 e. The normalized spacial score (nSPS) is 18.1. The molecule has 0 atom stereocenters. The van der Waals surface area contributed by atoms with E-state index >= 15 is 0 Å². The van der Waals surface area contributed by atoms with Crippen LogP contribution >= 0.6 is 11.3 Å². The van der Waals surface area contributed by atoms with E-state index < -0.39 is 24.4 Å². The van der Waals surface area contributed by atoms with Crippen LogP contribution in [-0.2, 0) is 14.0 Å². The van der Waals surface area contributed by atoms with Gasteiger partial charge in [0.1, 0.15) is 6.61 Å². The average Bonchev–Trinajstić information content (AvgIpc) is 3.46. The lowest BCUT2D eigenvalue weighted by Gasteiger charge is -2.32. The molecule has 1 N–H and O–H groups in total. The molecule has 3 aromatic rings. The lowest BCUT2D eigenvalue weighted by atomic mass is 9.77. The van der Waals surface area contributed by atoms with Gasteiger partial charge in [-0.1, -0.05) is 48.5 Å². The molecule has 1 amide bonds. The van der Waals surface area contributed by atoms with Crippen LogP contribution < -0.4 is 5.32 Å². The molecular formula is C29H32BNO4S. The number of nitrogens with one attached hydrogen (secondary N) is 1. The molecule has 1 aliphatic heterocycles. The van der Waals surface area contributed by atoms with Gasteiger partial charge in [0.05, 0.1) is 11.2 Å². The van der Waals surface area contributed by atoms with Gasteiger partial charge in [0, 0.05) is 17.3 Å². The third-order valence-corrected chi connectivity index (χ3v) is 8.52. The number of hydrogen-bond donors (Lipinski definition) is 1. The maximum absolute atomic E-state index is 12.8. The number of rotatable bonds is 6. The molecule has 1 aliphatic carbocycles. The minimum atomic E-state index is -0.551. The standard InChI is InChI=1S/C29H32BNO4S/c1-19-14-15-36-26(19)16-20(30-34-28(2,3)29(4,5)35-30)17-31-27(32)33-18-25-23-12-8-6-10-21(23)22-11-7-9-13-24(22)25/h6-16,25H,17-18H2,1-5H3,(H,31,32). The summed E-state index contributed by atoms with van der Waals surface area (Å²) in [5.74, 6) is 0.0232. The minimum absolute atomic E-state index is 0.0232. The molecule has 0 saturated carbocycles. The number of hydrogen-bond acceptors (Lipinski definition) is 5. The third-order valence-electron chi connectivity index (χ3n) is 7.55. The molecule has 2 heterocycles. The van der Waals surface area contributed by atoms with Gasteiger partial charge >= 0.3 is 13.2 Å². The Labute approximate surface area is 217 Å². The van der Waals surface area contributed by atoms with Crippen molar-refractivity contribution in [3.8, 4) is 11.1 Å². The number of thiophene rings is 1. The summed E-state index contributed by atoms with van der Waals surface area (Å²) in [5.41, 5.74) is 5.90. The number of amides is 1. The topological polar surface area (TPSA) is 56.8 Å². The average molecular weight is 501 g/mol. The molecule has 0 radical (unpaired) electrons. The molecule has 36 heavy (non-hydrogen) atoms. The Hall–Kier alpha value is -2.87. The second-order valence-corrected chi connectivity index (χ2v) is 11.4. The molecule has 1 saturated heterocycles. The van der Waals surface area contributed by atoms with Crippen LogP contribution in [0, 0.1) is 6.92 Å². The molecule has 0 spiro atoms. The predicted octanol–water partition coefficient (Wildman–Crippen LogP) is 6.61. The molecule has 1 fully saturated rings. The van der Waals surface area contributed by atoms with Gasteiger partial charge in [-0.05, 0) is 85.4 Å². The highest BCUT2D eigenvalue weighted by atomic mass is 32.1. The summed E-state index contributed by atoms with van der Waals surface area (Å²) in [6, 6.07) is 18.7. The van der Waals surface area contributed by atoms with Gasteiger partial charge in [-0.15, -0.1) is 11.3 Å². The van der Waals surface area contributed by atoms with E-state index in [0.29, 0.717) is 0 Å². The van der Waals surface area contributed by atoms with Gasteiger partial charge in [0.25, 0.3) is 0 Å². The summed E-state index contributed by atoms with van der Waals surface area (Å²) in [6.45, 7) is 10.7. The number of fused-ring (bicyclic) bond motifs is 3. The van der Waals surface area contributed by atoms with Crippen LogP contribution in [-0.4, -0.2) is 37.6 Å². The number of carbonyl (C=O) groups is 1. The molecule has 186 valence electrons. The zero-order chi connectivity index (χ0) is 25.5. The van der Waals surface area contributed by atoms with Crippen LogP contribution in [0.25, 0.3) is 17.2 Å². The maximum atomic E-state index is 12.8. The first-order valence-corrected chi connectivity index (χ1v) is 13.2. The van der Waals surface area contributed by atoms with E-state index in [2.05, 4.69) is 54.0 Å². The van der Waals surface area contributed by atoms with Crippen LogP contribution in [0.2, 0.25) is 0 Å². The van der Waals surface area contributed by atoms with E-state index in [1.807, 2.05) is 52.0 Å². The molecule has 0 unspecified atom stereocenters. The van der Waals surface area contributed by atoms with Gasteiger partial charge in [-0.3, -0.25) is 0 Å². The van der Waals surface area contributed by atoms with Crippen molar-refractivity contribution in [1.29, 1.82) is 0 Å². The number of benzene rings is 2. The summed E-state index contributed by atoms with van der Waals surface area (Å²) in [5, 5.41) is 4.99. The summed E-state index contributed by atoms with van der Waals surface area (Å²) in [7, 11) is -0.551. The van der Waals surface area contributed by atoms with Crippen molar-refractivity contribution in [2.24, 2.45) is 0 Å². The van der Waals surface area contributed by atoms with Gasteiger partial charge in [0.2, 0.25) is 0 Å². The Morgan fingerprint density at radius 3 is 2.14 bits per heavy atom. The van der Waals surface area contributed by atoms with E-state index in [1.165, 1.54) is 27.8 Å². The Morgan fingerprint density at radius 2 is 1.58 bits per heavy atom. The van der Waals surface area contributed by atoms with Crippen LogP contribution in [0.3, 0.4) is 0 Å². The molecular weight excluding hydrogens is 469 g/mol. The fraction of sp³-hybridized carbons (Fsp3) is 0.345. The van der Waals surface area contributed by atoms with Crippen LogP contribution in [0.5, 0.6) is 0 Å². The Bertz CT molecular complexity index is 1250. The fourth-order valence-corrected chi connectivity index (χ4v) is 5.61. The zero-order valence-electron chi connectivity index (χ0n) is 21.5. The van der Waals surface area contributed by atoms with Gasteiger partial charge in [-0.2, -0.15) is 0 Å². The maximum Gasteiger partial charge on any atom is 0.492 e. The van der Waals surface area contributed by atoms with Gasteiger partial charge in [0.15, 0.2) is 0 Å². The fourth-order valence-electron chi connectivity index (χ4n) is 4.72. The van der Waals surface area contributed by atoms with Crippen LogP contribution in [0.15, 0.2) is 65.4 Å². The monoisotopic (exact) mass is 501 g/mol. The summed E-state index contributed by atoms with van der Waals surface area (Å²) in [4.78, 5) is 13.9. The highest BCUT2D eigenvalue weighted by molar-refractivity contribution is 7.11. The first kappa shape index (κ1) is 24.8. The van der Waals surface area contributed by atoms with Crippen molar-refractivity contribution in [2.45, 2.75) is 51.7 Å². The van der Waals surface area contributed by atoms with E-state index in [4.69, 9.17) is 14.0 Å². The summed E-state index contributed by atoms with van der Waals surface area (Å²) >= 11 is 1.65. The first-order valence-electron chi connectivity index (χ1n) is 12.4. The minimum Gasteiger partial charge on any atom is -0.449 e. The van der Waals surface area contributed by atoms with Crippen molar-refractivity contribution < 1.29 is 18.8 Å². The molecule has 5 rings (SSSR count). The number of aryl methyl sites for hydroxylation is 1. The van der Waals surface area contributed by atoms with Crippen LogP contribution in [0.4, 0.5) is 4.79 Å². The second kappa shape index (κ2) is 9.54. The quantitative estimate of drug-likeness (QED) is 0.386. The Balaban J connectivity index is 1.28. The molecule has 0 bridgehead atoms. The van der Waals surface area contributed by atoms with E-state index in [-0.39, 0.29) is 19.1 Å². The highest BCUT2D eigenvalue weighted by Crippen LogP contribution is 2.44. The molecule has 5 nitrogen and oxygen atoms in total. The van der Waals surface area contributed by atoms with Crippen molar-refractivity contribution in [1.82, 2.24) is 5.32 Å². The second-order valence-electron chi connectivity index (χ2n) is 10.5. The largest absolute Gasteiger partial charge is 0.492 e. The van der Waals surface area contributed by atoms with Gasteiger partial charge in [-0.25, -0.2) is 4.79 Å². The summed E-state index contributed by atoms with van der Waals surface area (Å²) in [6.07, 6.45) is 1.61. The molecule has 7 heteroatoms. The van der Waals surface area contributed by atoms with Gasteiger partial charge < -0.3 is 19.4 Å². The molecule has 2 aromatic carbocycles. The zero-order valence-corrected chi connectivity index (χ0v) is 22.3. The lowest BCUT2D eigenvalue weighted by molar-refractivity contribution is 0.00578. The van der Waals surface area contributed by atoms with E-state index in [9.17, 15) is 4.79 Å².